The van der Waals surface area contributed by atoms with E-state index in [-0.39, 0.29) is 5.82 Å². The van der Waals surface area contributed by atoms with Crippen LogP contribution in [0, 0.1) is 5.82 Å². The molecule has 0 unspecified atom stereocenters. The number of morpholine rings is 1. The maximum atomic E-state index is 12.9. The van der Waals surface area contributed by atoms with E-state index in [1.165, 1.54) is 17.8 Å². The van der Waals surface area contributed by atoms with Gasteiger partial charge in [-0.3, -0.25) is 5.43 Å². The van der Waals surface area contributed by atoms with Gasteiger partial charge in [0.1, 0.15) is 5.82 Å². The third-order valence-electron chi connectivity index (χ3n) is 3.86. The van der Waals surface area contributed by atoms with Gasteiger partial charge >= 0.3 is 0 Å². The van der Waals surface area contributed by atoms with Crippen molar-refractivity contribution in [2.75, 3.05) is 36.6 Å². The molecule has 4 nitrogen and oxygen atoms in total. The van der Waals surface area contributed by atoms with Gasteiger partial charge < -0.3 is 9.64 Å². The van der Waals surface area contributed by atoms with Gasteiger partial charge in [0.2, 0.25) is 0 Å². The highest BCUT2D eigenvalue weighted by molar-refractivity contribution is 5.99. The molecule has 2 aromatic carbocycles. The minimum absolute atomic E-state index is 0.255. The van der Waals surface area contributed by atoms with Gasteiger partial charge in [0, 0.05) is 18.8 Å². The van der Waals surface area contributed by atoms with Crippen LogP contribution in [0.25, 0.3) is 0 Å². The van der Waals surface area contributed by atoms with Gasteiger partial charge in [-0.25, -0.2) is 4.39 Å². The lowest BCUT2D eigenvalue weighted by Gasteiger charge is -2.28. The van der Waals surface area contributed by atoms with Gasteiger partial charge in [0.05, 0.1) is 24.6 Å². The number of benzene rings is 2. The van der Waals surface area contributed by atoms with Crippen LogP contribution >= 0.6 is 0 Å². The van der Waals surface area contributed by atoms with Crippen LogP contribution in [0.4, 0.5) is 15.8 Å². The summed E-state index contributed by atoms with van der Waals surface area (Å²) in [5.74, 6) is -0.255. The number of hydrogen-bond donors (Lipinski definition) is 1. The SMILES string of the molecule is C/C(=N/Nc1ccc(F)cc1)c1ccc(N2CCOCC2)cc1. The standard InChI is InChI=1S/C18H20FN3O/c1-14(20-21-17-6-4-16(19)5-7-17)15-2-8-18(9-3-15)22-10-12-23-13-11-22/h2-9,21H,10-13H2,1H3/b20-14-. The Labute approximate surface area is 135 Å². The van der Waals surface area contributed by atoms with Crippen molar-refractivity contribution in [2.45, 2.75) is 6.92 Å². The average molecular weight is 313 g/mol. The maximum Gasteiger partial charge on any atom is 0.123 e. The van der Waals surface area contributed by atoms with Crippen molar-refractivity contribution in [1.29, 1.82) is 0 Å². The molecule has 5 heteroatoms. The van der Waals surface area contributed by atoms with Crippen molar-refractivity contribution < 1.29 is 9.13 Å². The number of nitrogens with one attached hydrogen (secondary N) is 1. The molecule has 1 aliphatic rings. The number of halogens is 1. The normalized spacial score (nSPS) is 15.6. The topological polar surface area (TPSA) is 36.9 Å². The number of rotatable bonds is 4. The molecule has 0 saturated carbocycles. The highest BCUT2D eigenvalue weighted by Crippen LogP contribution is 2.17. The Kier molecular flexibility index (Phi) is 4.88. The van der Waals surface area contributed by atoms with Crippen LogP contribution in [0.15, 0.2) is 53.6 Å². The molecule has 1 fully saturated rings. The summed E-state index contributed by atoms with van der Waals surface area (Å²) in [5.41, 5.74) is 6.84. The Hall–Kier alpha value is -2.40. The molecule has 2 aromatic rings. The summed E-state index contributed by atoms with van der Waals surface area (Å²) in [5, 5.41) is 4.35. The van der Waals surface area contributed by atoms with Gasteiger partial charge in [-0.1, -0.05) is 12.1 Å². The quantitative estimate of drug-likeness (QED) is 0.693. The summed E-state index contributed by atoms with van der Waals surface area (Å²) in [6.07, 6.45) is 0. The summed E-state index contributed by atoms with van der Waals surface area (Å²) in [7, 11) is 0. The molecule has 3 rings (SSSR count). The third-order valence-corrected chi connectivity index (χ3v) is 3.86. The Morgan fingerprint density at radius 2 is 1.70 bits per heavy atom. The summed E-state index contributed by atoms with van der Waals surface area (Å²) < 4.78 is 18.2. The predicted molar refractivity (Wildman–Crippen MR) is 91.7 cm³/mol. The smallest absolute Gasteiger partial charge is 0.123 e. The van der Waals surface area contributed by atoms with Crippen LogP contribution in [-0.2, 0) is 4.74 Å². The Morgan fingerprint density at radius 3 is 2.35 bits per heavy atom. The van der Waals surface area contributed by atoms with E-state index in [1.54, 1.807) is 12.1 Å². The van der Waals surface area contributed by atoms with Crippen molar-refractivity contribution in [1.82, 2.24) is 0 Å². The minimum atomic E-state index is -0.255. The third kappa shape index (κ3) is 4.07. The number of nitrogens with zero attached hydrogens (tertiary/aromatic N) is 2. The molecule has 1 N–H and O–H groups in total. The predicted octanol–water partition coefficient (Wildman–Crippen LogP) is 3.50. The second-order valence-electron chi connectivity index (χ2n) is 5.46. The van der Waals surface area contributed by atoms with E-state index in [1.807, 2.05) is 6.92 Å². The number of hydrogen-bond acceptors (Lipinski definition) is 4. The molecule has 120 valence electrons. The Bertz CT molecular complexity index is 662. The molecule has 0 radical (unpaired) electrons. The zero-order valence-corrected chi connectivity index (χ0v) is 13.1. The van der Waals surface area contributed by atoms with Crippen LogP contribution in [0.5, 0.6) is 0 Å². The first-order valence-corrected chi connectivity index (χ1v) is 7.71. The molecule has 0 amide bonds. The molecule has 23 heavy (non-hydrogen) atoms. The van der Waals surface area contributed by atoms with Gasteiger partial charge in [0.15, 0.2) is 0 Å². The summed E-state index contributed by atoms with van der Waals surface area (Å²) in [6.45, 7) is 5.37. The molecular weight excluding hydrogens is 293 g/mol. The van der Waals surface area contributed by atoms with Gasteiger partial charge in [-0.15, -0.1) is 0 Å². The average Bonchev–Trinajstić information content (AvgIpc) is 2.62. The van der Waals surface area contributed by atoms with Crippen LogP contribution < -0.4 is 10.3 Å². The van der Waals surface area contributed by atoms with E-state index in [9.17, 15) is 4.39 Å². The first-order chi connectivity index (χ1) is 11.2. The lowest BCUT2D eigenvalue weighted by atomic mass is 10.1. The molecule has 1 aliphatic heterocycles. The van der Waals surface area contributed by atoms with E-state index in [2.05, 4.69) is 39.7 Å². The van der Waals surface area contributed by atoms with E-state index >= 15 is 0 Å². The Balaban J connectivity index is 1.65. The highest BCUT2D eigenvalue weighted by atomic mass is 19.1. The molecule has 1 heterocycles. The lowest BCUT2D eigenvalue weighted by molar-refractivity contribution is 0.122. The van der Waals surface area contributed by atoms with E-state index in [0.717, 1.165) is 43.3 Å². The Morgan fingerprint density at radius 1 is 1.04 bits per heavy atom. The first-order valence-electron chi connectivity index (χ1n) is 7.71. The monoisotopic (exact) mass is 313 g/mol. The summed E-state index contributed by atoms with van der Waals surface area (Å²) in [6, 6.07) is 14.5. The van der Waals surface area contributed by atoms with Crippen LogP contribution in [-0.4, -0.2) is 32.0 Å². The van der Waals surface area contributed by atoms with Crippen LogP contribution in [0.2, 0.25) is 0 Å². The molecule has 0 atom stereocenters. The number of anilines is 2. The zero-order chi connectivity index (χ0) is 16.1. The second-order valence-corrected chi connectivity index (χ2v) is 5.46. The summed E-state index contributed by atoms with van der Waals surface area (Å²) >= 11 is 0. The van der Waals surface area contributed by atoms with Crippen molar-refractivity contribution in [2.24, 2.45) is 5.10 Å². The minimum Gasteiger partial charge on any atom is -0.378 e. The zero-order valence-electron chi connectivity index (χ0n) is 13.1. The van der Waals surface area contributed by atoms with Gasteiger partial charge in [-0.2, -0.15) is 5.10 Å². The number of hydrazone groups is 1. The fourth-order valence-corrected chi connectivity index (χ4v) is 2.47. The molecule has 0 aliphatic carbocycles. The maximum absolute atomic E-state index is 12.9. The largest absolute Gasteiger partial charge is 0.378 e. The second kappa shape index (κ2) is 7.24. The fourth-order valence-electron chi connectivity index (χ4n) is 2.47. The van der Waals surface area contributed by atoms with E-state index in [0.29, 0.717) is 0 Å². The molecule has 0 aromatic heterocycles. The fraction of sp³-hybridized carbons (Fsp3) is 0.278. The van der Waals surface area contributed by atoms with Crippen molar-refractivity contribution in [3.8, 4) is 0 Å². The molecular formula is C18H20FN3O. The number of ether oxygens (including phenoxy) is 1. The highest BCUT2D eigenvalue weighted by Gasteiger charge is 2.11. The molecule has 1 saturated heterocycles. The lowest BCUT2D eigenvalue weighted by Crippen LogP contribution is -2.36. The van der Waals surface area contributed by atoms with Crippen LogP contribution in [0.3, 0.4) is 0 Å². The van der Waals surface area contributed by atoms with Crippen molar-refractivity contribution in [3.05, 3.63) is 59.9 Å². The van der Waals surface area contributed by atoms with Gasteiger partial charge in [0.25, 0.3) is 0 Å². The van der Waals surface area contributed by atoms with E-state index < -0.39 is 0 Å². The van der Waals surface area contributed by atoms with Crippen molar-refractivity contribution >= 4 is 17.1 Å². The van der Waals surface area contributed by atoms with Crippen molar-refractivity contribution in [3.63, 3.8) is 0 Å². The van der Waals surface area contributed by atoms with E-state index in [4.69, 9.17) is 4.74 Å². The first kappa shape index (κ1) is 15.5. The van der Waals surface area contributed by atoms with Gasteiger partial charge in [-0.05, 0) is 48.9 Å². The van der Waals surface area contributed by atoms with Crippen LogP contribution in [0.1, 0.15) is 12.5 Å². The summed E-state index contributed by atoms with van der Waals surface area (Å²) in [4.78, 5) is 2.32. The molecule has 0 spiro atoms. The molecule has 0 bridgehead atoms.